The number of ether oxygens (including phenoxy) is 1. The number of carbonyl (C=O) groups is 1. The number of hydrogen-bond donors (Lipinski definition) is 1. The standard InChI is InChI=1S/C26H40N2O2/c1-4-6-7-21(10-13-26(29)27-3)22-8-11-23(12-9-22)28-16-14-24(15-17-28)30-25-18-20(5-2)19-25/h6-9,11-12,20-21,24-25H,4-5,10,13-19H2,1-3H3,(H,27,29)/b7-6-. The number of piperidine rings is 1. The molecule has 1 aromatic rings. The first kappa shape index (κ1) is 22.9. The molecule has 1 amide bonds. The Balaban J connectivity index is 1.50. The van der Waals surface area contributed by atoms with Crippen LogP contribution in [0.4, 0.5) is 5.69 Å². The van der Waals surface area contributed by atoms with Gasteiger partial charge in [0.2, 0.25) is 5.91 Å². The third kappa shape index (κ3) is 6.34. The lowest BCUT2D eigenvalue weighted by Crippen LogP contribution is -2.41. The van der Waals surface area contributed by atoms with Crippen molar-refractivity contribution in [2.45, 2.75) is 83.3 Å². The Bertz CT molecular complexity index is 671. The van der Waals surface area contributed by atoms with Crippen LogP contribution in [0, 0.1) is 5.92 Å². The molecule has 1 aliphatic heterocycles. The summed E-state index contributed by atoms with van der Waals surface area (Å²) in [5, 5.41) is 2.73. The highest BCUT2D eigenvalue weighted by atomic mass is 16.5. The van der Waals surface area contributed by atoms with Crippen LogP contribution in [0.1, 0.15) is 76.7 Å². The second-order valence-corrected chi connectivity index (χ2v) is 8.94. The average Bonchev–Trinajstić information content (AvgIpc) is 2.76. The first-order valence-corrected chi connectivity index (χ1v) is 12.0. The zero-order valence-corrected chi connectivity index (χ0v) is 19.1. The van der Waals surface area contributed by atoms with E-state index in [4.69, 9.17) is 4.74 Å². The summed E-state index contributed by atoms with van der Waals surface area (Å²) in [6.45, 7) is 6.58. The van der Waals surface area contributed by atoms with Gasteiger partial charge >= 0.3 is 0 Å². The number of nitrogens with one attached hydrogen (secondary N) is 1. The minimum Gasteiger partial charge on any atom is -0.375 e. The maximum absolute atomic E-state index is 11.7. The summed E-state index contributed by atoms with van der Waals surface area (Å²) in [4.78, 5) is 14.2. The molecule has 1 N–H and O–H groups in total. The lowest BCUT2D eigenvalue weighted by atomic mass is 9.80. The molecule has 1 saturated carbocycles. The molecular formula is C26H40N2O2. The van der Waals surface area contributed by atoms with Gasteiger partial charge in [0.05, 0.1) is 12.2 Å². The van der Waals surface area contributed by atoms with Crippen molar-refractivity contribution in [1.29, 1.82) is 0 Å². The van der Waals surface area contributed by atoms with Gasteiger partial charge in [-0.15, -0.1) is 0 Å². The highest BCUT2D eigenvalue weighted by Gasteiger charge is 2.31. The van der Waals surface area contributed by atoms with Crippen molar-refractivity contribution in [2.75, 3.05) is 25.0 Å². The van der Waals surface area contributed by atoms with E-state index in [1.54, 1.807) is 7.05 Å². The molecule has 0 radical (unpaired) electrons. The Morgan fingerprint density at radius 1 is 1.17 bits per heavy atom. The lowest BCUT2D eigenvalue weighted by molar-refractivity contribution is -0.120. The average molecular weight is 413 g/mol. The van der Waals surface area contributed by atoms with Gasteiger partial charge in [-0.05, 0) is 62.1 Å². The van der Waals surface area contributed by atoms with Crippen molar-refractivity contribution in [2.24, 2.45) is 5.92 Å². The van der Waals surface area contributed by atoms with E-state index in [-0.39, 0.29) is 5.91 Å². The van der Waals surface area contributed by atoms with E-state index in [9.17, 15) is 4.79 Å². The minimum absolute atomic E-state index is 0.110. The molecule has 4 nitrogen and oxygen atoms in total. The molecule has 30 heavy (non-hydrogen) atoms. The molecule has 2 aliphatic rings. The monoisotopic (exact) mass is 412 g/mol. The molecule has 4 heteroatoms. The van der Waals surface area contributed by atoms with Gasteiger partial charge in [-0.2, -0.15) is 0 Å². The first-order valence-electron chi connectivity index (χ1n) is 12.0. The van der Waals surface area contributed by atoms with E-state index in [2.05, 4.69) is 60.5 Å². The van der Waals surface area contributed by atoms with Crippen LogP contribution in [-0.2, 0) is 9.53 Å². The Morgan fingerprint density at radius 3 is 2.47 bits per heavy atom. The Labute approximate surface area is 183 Å². The molecule has 1 saturated heterocycles. The van der Waals surface area contributed by atoms with Gasteiger partial charge in [0.25, 0.3) is 0 Å². The number of nitrogens with zero attached hydrogens (tertiary/aromatic N) is 1. The van der Waals surface area contributed by atoms with E-state index in [1.807, 2.05) is 0 Å². The molecule has 0 aromatic heterocycles. The number of amides is 1. The predicted molar refractivity (Wildman–Crippen MR) is 125 cm³/mol. The lowest BCUT2D eigenvalue weighted by Gasteiger charge is -2.40. The summed E-state index contributed by atoms with van der Waals surface area (Å²) in [5.41, 5.74) is 2.59. The highest BCUT2D eigenvalue weighted by Crippen LogP contribution is 2.35. The van der Waals surface area contributed by atoms with Crippen molar-refractivity contribution in [3.05, 3.63) is 42.0 Å². The topological polar surface area (TPSA) is 41.6 Å². The van der Waals surface area contributed by atoms with Crippen molar-refractivity contribution in [3.8, 4) is 0 Å². The third-order valence-electron chi connectivity index (χ3n) is 6.85. The normalized spacial score (nSPS) is 23.4. The van der Waals surface area contributed by atoms with Crippen molar-refractivity contribution < 1.29 is 9.53 Å². The number of rotatable bonds is 10. The number of hydrogen-bond acceptors (Lipinski definition) is 3. The van der Waals surface area contributed by atoms with Crippen LogP contribution in [0.25, 0.3) is 0 Å². The number of allylic oxidation sites excluding steroid dienone is 2. The van der Waals surface area contributed by atoms with Crippen molar-refractivity contribution >= 4 is 11.6 Å². The summed E-state index contributed by atoms with van der Waals surface area (Å²) in [5.74, 6) is 1.31. The second kappa shape index (κ2) is 11.5. The molecule has 1 aliphatic carbocycles. The Morgan fingerprint density at radius 2 is 1.87 bits per heavy atom. The molecular weight excluding hydrogens is 372 g/mol. The van der Waals surface area contributed by atoms with Crippen molar-refractivity contribution in [1.82, 2.24) is 5.32 Å². The van der Waals surface area contributed by atoms with Gasteiger partial charge in [-0.3, -0.25) is 4.79 Å². The quantitative estimate of drug-likeness (QED) is 0.521. The van der Waals surface area contributed by atoms with Gasteiger partial charge in [-0.25, -0.2) is 0 Å². The second-order valence-electron chi connectivity index (χ2n) is 8.94. The predicted octanol–water partition coefficient (Wildman–Crippen LogP) is 5.44. The van der Waals surface area contributed by atoms with Gasteiger partial charge in [0.1, 0.15) is 0 Å². The van der Waals surface area contributed by atoms with Crippen molar-refractivity contribution in [3.63, 3.8) is 0 Å². The molecule has 166 valence electrons. The van der Waals surface area contributed by atoms with Crippen LogP contribution in [0.2, 0.25) is 0 Å². The minimum atomic E-state index is 0.110. The van der Waals surface area contributed by atoms with Gasteiger partial charge in [0.15, 0.2) is 0 Å². The first-order chi connectivity index (χ1) is 14.6. The number of carbonyl (C=O) groups excluding carboxylic acids is 1. The molecule has 3 rings (SSSR count). The van der Waals surface area contributed by atoms with E-state index < -0.39 is 0 Å². The summed E-state index contributed by atoms with van der Waals surface area (Å²) >= 11 is 0. The number of benzene rings is 1. The van der Waals surface area contributed by atoms with E-state index >= 15 is 0 Å². The molecule has 1 atom stereocenters. The zero-order valence-electron chi connectivity index (χ0n) is 19.1. The molecule has 2 fully saturated rings. The van der Waals surface area contributed by atoms with Crippen LogP contribution in [0.5, 0.6) is 0 Å². The fourth-order valence-corrected chi connectivity index (χ4v) is 4.66. The van der Waals surface area contributed by atoms with Crippen LogP contribution in [0.3, 0.4) is 0 Å². The third-order valence-corrected chi connectivity index (χ3v) is 6.85. The molecule has 0 bridgehead atoms. The van der Waals surface area contributed by atoms with Gasteiger partial charge < -0.3 is 15.0 Å². The maximum Gasteiger partial charge on any atom is 0.219 e. The maximum atomic E-state index is 11.7. The highest BCUT2D eigenvalue weighted by molar-refractivity contribution is 5.75. The summed E-state index contributed by atoms with van der Waals surface area (Å²) in [7, 11) is 1.70. The summed E-state index contributed by atoms with van der Waals surface area (Å²) in [6.07, 6.45) is 13.9. The molecule has 1 aromatic carbocycles. The molecule has 1 heterocycles. The fourth-order valence-electron chi connectivity index (χ4n) is 4.66. The zero-order chi connectivity index (χ0) is 21.3. The van der Waals surface area contributed by atoms with E-state index in [0.717, 1.165) is 44.7 Å². The van der Waals surface area contributed by atoms with Crippen LogP contribution in [0.15, 0.2) is 36.4 Å². The van der Waals surface area contributed by atoms with Crippen LogP contribution >= 0.6 is 0 Å². The van der Waals surface area contributed by atoms with Gasteiger partial charge in [0, 0.05) is 38.2 Å². The Hall–Kier alpha value is -1.81. The SMILES string of the molecule is CC/C=C\C(CCC(=O)NC)c1ccc(N2CCC(OC3CC(CC)C3)CC2)cc1. The van der Waals surface area contributed by atoms with Gasteiger partial charge in [-0.1, -0.05) is 44.6 Å². The van der Waals surface area contributed by atoms with E-state index in [1.165, 1.54) is 30.5 Å². The Kier molecular flexibility index (Phi) is 8.80. The number of anilines is 1. The van der Waals surface area contributed by atoms with E-state index in [0.29, 0.717) is 24.5 Å². The molecule has 0 spiro atoms. The largest absolute Gasteiger partial charge is 0.375 e. The molecule has 1 unspecified atom stereocenters. The van der Waals surface area contributed by atoms with Crippen LogP contribution in [-0.4, -0.2) is 38.3 Å². The van der Waals surface area contributed by atoms with Crippen LogP contribution < -0.4 is 10.2 Å². The summed E-state index contributed by atoms with van der Waals surface area (Å²) < 4.78 is 6.32. The summed E-state index contributed by atoms with van der Waals surface area (Å²) in [6, 6.07) is 8.99. The fraction of sp³-hybridized carbons (Fsp3) is 0.654. The smallest absolute Gasteiger partial charge is 0.219 e.